The predicted molar refractivity (Wildman–Crippen MR) is 66.3 cm³/mol. The molecular weight excluding hydrogens is 182 g/mol. The molecule has 15 heavy (non-hydrogen) atoms. The van der Waals surface area contributed by atoms with Crippen molar-refractivity contribution in [2.75, 3.05) is 0 Å². The van der Waals surface area contributed by atoms with Crippen molar-refractivity contribution in [2.45, 2.75) is 46.0 Å². The second kappa shape index (κ2) is 3.19. The zero-order valence-electron chi connectivity index (χ0n) is 10.3. The van der Waals surface area contributed by atoms with E-state index in [9.17, 15) is 0 Å². The fraction of sp³-hybridized carbons (Fsp3) is 0.500. The minimum atomic E-state index is 0.111. The highest BCUT2D eigenvalue weighted by atomic mass is 14.8. The third-order valence-corrected chi connectivity index (χ3v) is 3.55. The Balaban J connectivity index is 2.55. The molecule has 1 aliphatic heterocycles. The molecule has 1 heterocycles. The first-order valence-corrected chi connectivity index (χ1v) is 5.63. The summed E-state index contributed by atoms with van der Waals surface area (Å²) in [4.78, 5) is 4.62. The molecule has 0 saturated heterocycles. The van der Waals surface area contributed by atoms with Crippen LogP contribution in [0.3, 0.4) is 0 Å². The fourth-order valence-corrected chi connectivity index (χ4v) is 2.03. The number of aliphatic imine (C=N–C) groups is 1. The van der Waals surface area contributed by atoms with Crippen molar-refractivity contribution < 1.29 is 0 Å². The van der Waals surface area contributed by atoms with E-state index >= 15 is 0 Å². The van der Waals surface area contributed by atoms with Gasteiger partial charge in [0.2, 0.25) is 0 Å². The molecule has 0 radical (unpaired) electrons. The van der Waals surface area contributed by atoms with Crippen molar-refractivity contribution >= 4 is 11.4 Å². The molecule has 0 spiro atoms. The number of nitrogens with zero attached hydrogens (tertiary/aromatic N) is 1. The van der Waals surface area contributed by atoms with Gasteiger partial charge in [-0.15, -0.1) is 0 Å². The highest BCUT2D eigenvalue weighted by molar-refractivity contribution is 5.99. The van der Waals surface area contributed by atoms with Crippen LogP contribution in [0.5, 0.6) is 0 Å². The average molecular weight is 201 g/mol. The van der Waals surface area contributed by atoms with E-state index in [-0.39, 0.29) is 5.41 Å². The van der Waals surface area contributed by atoms with Gasteiger partial charge in [-0.1, -0.05) is 39.8 Å². The van der Waals surface area contributed by atoms with Crippen LogP contribution in [-0.4, -0.2) is 5.71 Å². The SMILES string of the molecule is CC1=Nc2ccc(C(C)C)cc2C1(C)C. The van der Waals surface area contributed by atoms with Gasteiger partial charge in [0.25, 0.3) is 0 Å². The minimum absolute atomic E-state index is 0.111. The number of hydrogen-bond donors (Lipinski definition) is 0. The average Bonchev–Trinajstić information content (AvgIpc) is 2.38. The van der Waals surface area contributed by atoms with E-state index in [4.69, 9.17) is 0 Å². The van der Waals surface area contributed by atoms with Crippen LogP contribution in [0.1, 0.15) is 51.7 Å². The van der Waals surface area contributed by atoms with Crippen LogP contribution in [-0.2, 0) is 5.41 Å². The van der Waals surface area contributed by atoms with Gasteiger partial charge in [-0.05, 0) is 30.0 Å². The lowest BCUT2D eigenvalue weighted by atomic mass is 9.81. The molecule has 0 N–H and O–H groups in total. The highest BCUT2D eigenvalue weighted by Crippen LogP contribution is 2.40. The molecule has 1 heteroatoms. The second-order valence-electron chi connectivity index (χ2n) is 5.25. The molecule has 0 unspecified atom stereocenters. The van der Waals surface area contributed by atoms with Gasteiger partial charge in [0.15, 0.2) is 0 Å². The quantitative estimate of drug-likeness (QED) is 0.646. The molecule has 2 rings (SSSR count). The van der Waals surface area contributed by atoms with Gasteiger partial charge in [-0.25, -0.2) is 0 Å². The van der Waals surface area contributed by atoms with E-state index in [1.807, 2.05) is 0 Å². The lowest BCUT2D eigenvalue weighted by molar-refractivity contribution is 0.728. The zero-order chi connectivity index (χ0) is 11.2. The van der Waals surface area contributed by atoms with Crippen LogP contribution < -0.4 is 0 Å². The number of hydrogen-bond acceptors (Lipinski definition) is 1. The van der Waals surface area contributed by atoms with Crippen molar-refractivity contribution in [1.82, 2.24) is 0 Å². The molecule has 0 aliphatic carbocycles. The van der Waals surface area contributed by atoms with Gasteiger partial charge in [0.1, 0.15) is 0 Å². The summed E-state index contributed by atoms with van der Waals surface area (Å²) in [6, 6.07) is 6.67. The maximum Gasteiger partial charge on any atom is 0.0670 e. The van der Waals surface area contributed by atoms with Crippen molar-refractivity contribution in [3.05, 3.63) is 29.3 Å². The third-order valence-electron chi connectivity index (χ3n) is 3.55. The number of rotatable bonds is 1. The first kappa shape index (κ1) is 10.4. The Morgan fingerprint density at radius 1 is 1.20 bits per heavy atom. The normalized spacial score (nSPS) is 17.9. The Morgan fingerprint density at radius 3 is 2.47 bits per heavy atom. The van der Waals surface area contributed by atoms with Gasteiger partial charge in [-0.3, -0.25) is 4.99 Å². The summed E-state index contributed by atoms with van der Waals surface area (Å²) in [5, 5.41) is 0. The van der Waals surface area contributed by atoms with Crippen LogP contribution in [0.2, 0.25) is 0 Å². The fourth-order valence-electron chi connectivity index (χ4n) is 2.03. The smallest absolute Gasteiger partial charge is 0.0670 e. The summed E-state index contributed by atoms with van der Waals surface area (Å²) in [6.07, 6.45) is 0. The van der Waals surface area contributed by atoms with Crippen LogP contribution in [0.4, 0.5) is 5.69 Å². The van der Waals surface area contributed by atoms with Gasteiger partial charge < -0.3 is 0 Å². The van der Waals surface area contributed by atoms with Gasteiger partial charge >= 0.3 is 0 Å². The molecule has 1 nitrogen and oxygen atoms in total. The van der Waals surface area contributed by atoms with Crippen LogP contribution >= 0.6 is 0 Å². The molecule has 0 fully saturated rings. The molecule has 0 amide bonds. The van der Waals surface area contributed by atoms with Gasteiger partial charge in [-0.2, -0.15) is 0 Å². The summed E-state index contributed by atoms with van der Waals surface area (Å²) < 4.78 is 0. The summed E-state index contributed by atoms with van der Waals surface area (Å²) in [6.45, 7) is 11.1. The first-order chi connectivity index (χ1) is 6.93. The molecule has 1 aromatic rings. The summed E-state index contributed by atoms with van der Waals surface area (Å²) in [5.74, 6) is 0.590. The van der Waals surface area contributed by atoms with Crippen LogP contribution in [0.25, 0.3) is 0 Å². The van der Waals surface area contributed by atoms with Gasteiger partial charge in [0.05, 0.1) is 5.69 Å². The zero-order valence-corrected chi connectivity index (χ0v) is 10.3. The van der Waals surface area contributed by atoms with E-state index in [1.165, 1.54) is 16.8 Å². The Morgan fingerprint density at radius 2 is 1.87 bits per heavy atom. The maximum atomic E-state index is 4.62. The van der Waals surface area contributed by atoms with E-state index in [1.54, 1.807) is 0 Å². The minimum Gasteiger partial charge on any atom is -0.257 e. The molecule has 1 aromatic carbocycles. The Labute approximate surface area is 92.2 Å². The topological polar surface area (TPSA) is 12.4 Å². The first-order valence-electron chi connectivity index (χ1n) is 5.63. The van der Waals surface area contributed by atoms with Crippen LogP contribution in [0, 0.1) is 0 Å². The maximum absolute atomic E-state index is 4.62. The molecule has 0 aromatic heterocycles. The Kier molecular flexibility index (Phi) is 2.22. The number of benzene rings is 1. The molecule has 1 aliphatic rings. The van der Waals surface area contributed by atoms with Crippen molar-refractivity contribution in [3.8, 4) is 0 Å². The largest absolute Gasteiger partial charge is 0.257 e. The lowest BCUT2D eigenvalue weighted by Crippen LogP contribution is -2.22. The van der Waals surface area contributed by atoms with Crippen molar-refractivity contribution in [1.29, 1.82) is 0 Å². The Hall–Kier alpha value is -1.11. The Bertz CT molecular complexity index is 425. The number of fused-ring (bicyclic) bond motifs is 1. The predicted octanol–water partition coefficient (Wildman–Crippen LogP) is 4.19. The second-order valence-corrected chi connectivity index (χ2v) is 5.25. The third kappa shape index (κ3) is 1.50. The lowest BCUT2D eigenvalue weighted by Gasteiger charge is -2.21. The van der Waals surface area contributed by atoms with E-state index < -0.39 is 0 Å². The molecule has 0 saturated carbocycles. The van der Waals surface area contributed by atoms with E-state index in [0.29, 0.717) is 5.92 Å². The van der Waals surface area contributed by atoms with Crippen LogP contribution in [0.15, 0.2) is 23.2 Å². The highest BCUT2D eigenvalue weighted by Gasteiger charge is 2.32. The molecule has 0 atom stereocenters. The van der Waals surface area contributed by atoms with Gasteiger partial charge in [0, 0.05) is 11.1 Å². The molecule has 80 valence electrons. The standard InChI is InChI=1S/C14H19N/c1-9(2)11-6-7-13-12(8-11)14(4,5)10(3)15-13/h6-9H,1-5H3. The van der Waals surface area contributed by atoms with E-state index in [0.717, 1.165) is 5.69 Å². The summed E-state index contributed by atoms with van der Waals surface area (Å²) >= 11 is 0. The summed E-state index contributed by atoms with van der Waals surface area (Å²) in [5.41, 5.74) is 5.28. The van der Waals surface area contributed by atoms with Crippen molar-refractivity contribution in [2.24, 2.45) is 4.99 Å². The molecular formula is C14H19N. The van der Waals surface area contributed by atoms with Crippen molar-refractivity contribution in [3.63, 3.8) is 0 Å². The summed E-state index contributed by atoms with van der Waals surface area (Å²) in [7, 11) is 0. The monoisotopic (exact) mass is 201 g/mol. The molecule has 0 bridgehead atoms. The van der Waals surface area contributed by atoms with E-state index in [2.05, 4.69) is 57.8 Å².